The maximum absolute atomic E-state index is 14.6. The third-order valence-corrected chi connectivity index (χ3v) is 6.34. The number of aromatic nitrogens is 4. The molecule has 3 aromatic heterocycles. The van der Waals surface area contributed by atoms with Crippen LogP contribution in [0, 0.1) is 17.0 Å². The monoisotopic (exact) mass is 485 g/mol. The minimum Gasteiger partial charge on any atom is -0.387 e. The lowest BCUT2D eigenvalue weighted by Crippen LogP contribution is -2.38. The van der Waals surface area contributed by atoms with Gasteiger partial charge in [-0.25, -0.2) is 23.7 Å². The molecule has 36 heavy (non-hydrogen) atoms. The van der Waals surface area contributed by atoms with Crippen LogP contribution in [0.3, 0.4) is 0 Å². The number of hydrogen-bond donors (Lipinski definition) is 2. The van der Waals surface area contributed by atoms with E-state index < -0.39 is 11.6 Å². The van der Waals surface area contributed by atoms with Gasteiger partial charge in [0.05, 0.1) is 29.5 Å². The Morgan fingerprint density at radius 1 is 1.06 bits per heavy atom. The molecular weight excluding hydrogens is 460 g/mol. The van der Waals surface area contributed by atoms with Crippen molar-refractivity contribution >= 4 is 22.8 Å². The van der Waals surface area contributed by atoms with Gasteiger partial charge in [0.2, 0.25) is 0 Å². The predicted octanol–water partition coefficient (Wildman–Crippen LogP) is 4.71. The Bertz CT molecular complexity index is 1450. The Labute approximate surface area is 207 Å². The van der Waals surface area contributed by atoms with Crippen LogP contribution in [-0.2, 0) is 0 Å². The molecule has 0 saturated carbocycles. The van der Waals surface area contributed by atoms with Gasteiger partial charge in [0, 0.05) is 46.7 Å². The number of benzene rings is 1. The lowest BCUT2D eigenvalue weighted by Gasteiger charge is -2.29. The Hall–Kier alpha value is -4.11. The van der Waals surface area contributed by atoms with Crippen LogP contribution >= 0.6 is 0 Å². The van der Waals surface area contributed by atoms with Crippen molar-refractivity contribution in [2.24, 2.45) is 0 Å². The molecule has 1 aliphatic rings. The van der Waals surface area contributed by atoms with E-state index in [1.165, 1.54) is 6.21 Å². The molecule has 9 heteroatoms. The Kier molecular flexibility index (Phi) is 6.73. The smallest absolute Gasteiger partial charge is 0.160 e. The first-order valence-electron chi connectivity index (χ1n) is 11.7. The molecule has 4 aromatic rings. The highest BCUT2D eigenvalue weighted by atomic mass is 19.1. The van der Waals surface area contributed by atoms with Crippen molar-refractivity contribution in [3.05, 3.63) is 78.5 Å². The lowest BCUT2D eigenvalue weighted by molar-refractivity contribution is 0.244. The van der Waals surface area contributed by atoms with Crippen molar-refractivity contribution in [2.75, 3.05) is 20.1 Å². The summed E-state index contributed by atoms with van der Waals surface area (Å²) in [4.78, 5) is 20.2. The van der Waals surface area contributed by atoms with E-state index >= 15 is 0 Å². The first-order chi connectivity index (χ1) is 17.5. The summed E-state index contributed by atoms with van der Waals surface area (Å²) in [5, 5.41) is 12.1. The normalized spacial score (nSPS) is 15.2. The van der Waals surface area contributed by atoms with Gasteiger partial charge in [0.1, 0.15) is 11.6 Å². The molecule has 0 spiro atoms. The van der Waals surface area contributed by atoms with E-state index in [1.807, 2.05) is 12.3 Å². The summed E-state index contributed by atoms with van der Waals surface area (Å²) in [6.07, 6.45) is 9.91. The van der Waals surface area contributed by atoms with Gasteiger partial charge in [-0.1, -0.05) is 0 Å². The van der Waals surface area contributed by atoms with Gasteiger partial charge in [-0.3, -0.25) is 4.98 Å². The fourth-order valence-corrected chi connectivity index (χ4v) is 4.31. The van der Waals surface area contributed by atoms with E-state index in [4.69, 9.17) is 10.4 Å². The van der Waals surface area contributed by atoms with Crippen molar-refractivity contribution in [3.8, 4) is 22.5 Å². The molecular formula is C27H25F2N7. The number of nitrogens with zero attached hydrogens (tertiary/aromatic N) is 5. The van der Waals surface area contributed by atoms with Crippen LogP contribution in [0.5, 0.6) is 0 Å². The summed E-state index contributed by atoms with van der Waals surface area (Å²) < 4.78 is 28.5. The number of fused-ring (bicyclic) bond motifs is 1. The van der Waals surface area contributed by atoms with Crippen molar-refractivity contribution in [1.29, 1.82) is 5.41 Å². The third-order valence-electron chi connectivity index (χ3n) is 6.34. The van der Waals surface area contributed by atoms with Crippen LogP contribution in [-0.4, -0.2) is 57.2 Å². The van der Waals surface area contributed by atoms with Gasteiger partial charge in [-0.05, 0) is 69.4 Å². The number of hydrogen-bond acceptors (Lipinski definition) is 7. The molecule has 1 aliphatic heterocycles. The van der Waals surface area contributed by atoms with E-state index in [2.05, 4.69) is 32.2 Å². The van der Waals surface area contributed by atoms with E-state index in [1.54, 1.807) is 30.7 Å². The number of pyridine rings is 2. The molecule has 0 amide bonds. The maximum Gasteiger partial charge on any atom is 0.160 e. The average molecular weight is 486 g/mol. The van der Waals surface area contributed by atoms with Crippen LogP contribution in [0.2, 0.25) is 0 Å². The van der Waals surface area contributed by atoms with Gasteiger partial charge in [-0.2, -0.15) is 0 Å². The molecule has 0 bridgehead atoms. The zero-order valence-corrected chi connectivity index (χ0v) is 19.7. The summed E-state index contributed by atoms with van der Waals surface area (Å²) in [7, 11) is 2.11. The van der Waals surface area contributed by atoms with Crippen molar-refractivity contribution in [3.63, 3.8) is 0 Å². The highest BCUT2D eigenvalue weighted by Crippen LogP contribution is 2.32. The largest absolute Gasteiger partial charge is 0.387 e. The summed E-state index contributed by atoms with van der Waals surface area (Å²) >= 11 is 0. The second-order valence-corrected chi connectivity index (χ2v) is 8.83. The van der Waals surface area contributed by atoms with Crippen molar-refractivity contribution in [2.45, 2.75) is 18.9 Å². The first kappa shape index (κ1) is 23.6. The second kappa shape index (κ2) is 10.2. The van der Waals surface area contributed by atoms with E-state index in [0.29, 0.717) is 39.6 Å². The topological polar surface area (TPSA) is 90.7 Å². The minimum absolute atomic E-state index is 0.0373. The molecule has 1 saturated heterocycles. The number of likely N-dealkylation sites (tertiary alicyclic amines) is 1. The minimum atomic E-state index is -0.584. The van der Waals surface area contributed by atoms with Crippen LogP contribution in [0.15, 0.2) is 61.2 Å². The maximum atomic E-state index is 14.6. The van der Waals surface area contributed by atoms with E-state index in [9.17, 15) is 8.78 Å². The van der Waals surface area contributed by atoms with Crippen LogP contribution in [0.1, 0.15) is 18.5 Å². The zero-order valence-electron chi connectivity index (χ0n) is 19.7. The Morgan fingerprint density at radius 3 is 2.69 bits per heavy atom. The molecule has 0 aliphatic carbocycles. The second-order valence-electron chi connectivity index (χ2n) is 8.83. The van der Waals surface area contributed by atoms with Gasteiger partial charge in [0.25, 0.3) is 0 Å². The standard InChI is InChI=1S/C27H25F2N7/c1-36-9-6-19(7-10-36)33-14-17(13-30)25-15-31-16-26(34-25)21-12-24(22-11-18(28)4-5-23(22)29)35-27-20(21)3-2-8-32-27/h2-5,8,11-16,19,30,33H,6-7,9-10H2,1H3/b17-14+,30-13?. The molecule has 4 heterocycles. The fraction of sp³-hybridized carbons (Fsp3) is 0.222. The first-order valence-corrected chi connectivity index (χ1v) is 11.7. The van der Waals surface area contributed by atoms with Gasteiger partial charge in [-0.15, -0.1) is 0 Å². The zero-order chi connectivity index (χ0) is 25.1. The number of rotatable bonds is 6. The average Bonchev–Trinajstić information content (AvgIpc) is 2.91. The Morgan fingerprint density at radius 2 is 1.89 bits per heavy atom. The molecule has 0 radical (unpaired) electrons. The number of halogens is 2. The molecule has 0 unspecified atom stereocenters. The number of nitrogens with one attached hydrogen (secondary N) is 2. The molecule has 182 valence electrons. The van der Waals surface area contributed by atoms with Gasteiger partial charge < -0.3 is 15.6 Å². The third kappa shape index (κ3) is 4.96. The molecule has 2 N–H and O–H groups in total. The van der Waals surface area contributed by atoms with Crippen LogP contribution in [0.25, 0.3) is 39.1 Å². The summed E-state index contributed by atoms with van der Waals surface area (Å²) in [5.74, 6) is -1.14. The van der Waals surface area contributed by atoms with Crippen molar-refractivity contribution < 1.29 is 8.78 Å². The quantitative estimate of drug-likeness (QED) is 0.385. The SMILES string of the molecule is CN1CCC(N/C=C(\C=N)c2cncc(-c3cc(-c4cc(F)ccc4F)nc4ncccc34)n2)CC1. The Balaban J connectivity index is 1.55. The van der Waals surface area contributed by atoms with Gasteiger partial charge >= 0.3 is 0 Å². The lowest BCUT2D eigenvalue weighted by atomic mass is 10.0. The van der Waals surface area contributed by atoms with E-state index in [-0.39, 0.29) is 11.3 Å². The van der Waals surface area contributed by atoms with Gasteiger partial charge in [0.15, 0.2) is 5.65 Å². The molecule has 1 aromatic carbocycles. The predicted molar refractivity (Wildman–Crippen MR) is 136 cm³/mol. The molecule has 5 rings (SSSR count). The highest BCUT2D eigenvalue weighted by Gasteiger charge is 2.17. The summed E-state index contributed by atoms with van der Waals surface area (Å²) in [6.45, 7) is 2.05. The van der Waals surface area contributed by atoms with Crippen LogP contribution in [0.4, 0.5) is 8.78 Å². The number of piperidine rings is 1. The molecule has 0 atom stereocenters. The summed E-state index contributed by atoms with van der Waals surface area (Å²) in [5.41, 5.74) is 2.92. The summed E-state index contributed by atoms with van der Waals surface area (Å²) in [6, 6.07) is 8.89. The molecule has 7 nitrogen and oxygen atoms in total. The molecule has 1 fully saturated rings. The van der Waals surface area contributed by atoms with Crippen LogP contribution < -0.4 is 5.32 Å². The fourth-order valence-electron chi connectivity index (χ4n) is 4.31. The van der Waals surface area contributed by atoms with Crippen molar-refractivity contribution in [1.82, 2.24) is 30.2 Å². The highest BCUT2D eigenvalue weighted by molar-refractivity contribution is 6.07. The number of allylic oxidation sites excluding steroid dienone is 1. The van der Waals surface area contributed by atoms with E-state index in [0.717, 1.165) is 44.1 Å².